The van der Waals surface area contributed by atoms with Crippen molar-refractivity contribution in [3.63, 3.8) is 0 Å². The van der Waals surface area contributed by atoms with Gasteiger partial charge in [-0.05, 0) is 32.6 Å². The summed E-state index contributed by atoms with van der Waals surface area (Å²) in [6, 6.07) is 18.1. The van der Waals surface area contributed by atoms with E-state index in [0.717, 1.165) is 24.6 Å². The van der Waals surface area contributed by atoms with E-state index in [0.29, 0.717) is 0 Å². The van der Waals surface area contributed by atoms with E-state index in [1.165, 1.54) is 24.0 Å². The molecule has 0 unspecified atom stereocenters. The third kappa shape index (κ3) is 9.41. The molecule has 1 heterocycles. The van der Waals surface area contributed by atoms with Crippen molar-refractivity contribution in [1.29, 1.82) is 0 Å². The van der Waals surface area contributed by atoms with Crippen molar-refractivity contribution in [3.05, 3.63) is 65.7 Å². The van der Waals surface area contributed by atoms with E-state index in [9.17, 15) is 0 Å². The number of ether oxygens (including phenoxy) is 1. The first-order valence-corrected chi connectivity index (χ1v) is 7.99. The zero-order valence-corrected chi connectivity index (χ0v) is 14.1. The maximum Gasteiger partial charge on any atom is 0.113 e. The van der Waals surface area contributed by atoms with Gasteiger partial charge in [0, 0.05) is 13.2 Å². The summed E-state index contributed by atoms with van der Waals surface area (Å²) in [5, 5.41) is 0. The van der Waals surface area contributed by atoms with Crippen molar-refractivity contribution in [2.45, 2.75) is 33.6 Å². The summed E-state index contributed by atoms with van der Waals surface area (Å²) < 4.78 is 5.14. The molecule has 22 heavy (non-hydrogen) atoms. The normalized spacial score (nSPS) is 14.1. The second kappa shape index (κ2) is 11.1. The molecular formula is C20H27BO. The zero-order valence-electron chi connectivity index (χ0n) is 14.1. The summed E-state index contributed by atoms with van der Waals surface area (Å²) >= 11 is 0. The van der Waals surface area contributed by atoms with Gasteiger partial charge in [0.05, 0.1) is 0 Å². The minimum atomic E-state index is 0.838. The fourth-order valence-corrected chi connectivity index (χ4v) is 2.02. The van der Waals surface area contributed by atoms with Crippen molar-refractivity contribution < 1.29 is 4.74 Å². The van der Waals surface area contributed by atoms with Gasteiger partial charge in [0.2, 0.25) is 0 Å². The lowest BCUT2D eigenvalue weighted by molar-refractivity contribution is 0.0716. The fraction of sp³-hybridized carbons (Fsp3) is 0.400. The van der Waals surface area contributed by atoms with Gasteiger partial charge in [-0.3, -0.25) is 0 Å². The van der Waals surface area contributed by atoms with E-state index in [-0.39, 0.29) is 0 Å². The largest absolute Gasteiger partial charge is 0.381 e. The molecule has 0 spiro atoms. The highest BCUT2D eigenvalue weighted by Crippen LogP contribution is 2.11. The first-order chi connectivity index (χ1) is 10.6. The Bertz CT molecular complexity index is 487. The van der Waals surface area contributed by atoms with Crippen LogP contribution in [0.15, 0.2) is 54.6 Å². The Hall–Kier alpha value is -1.54. The first-order valence-electron chi connectivity index (χ1n) is 7.99. The van der Waals surface area contributed by atoms with Crippen LogP contribution in [0, 0.1) is 19.8 Å². The molecule has 2 aromatic carbocycles. The van der Waals surface area contributed by atoms with Gasteiger partial charge >= 0.3 is 0 Å². The smallest absolute Gasteiger partial charge is 0.113 e. The first kappa shape index (κ1) is 18.5. The lowest BCUT2D eigenvalue weighted by atomic mass is 9.95. The third-order valence-electron chi connectivity index (χ3n) is 3.49. The van der Waals surface area contributed by atoms with Crippen LogP contribution in [-0.4, -0.2) is 21.1 Å². The lowest BCUT2D eigenvalue weighted by Crippen LogP contribution is -2.12. The molecule has 3 rings (SSSR count). The van der Waals surface area contributed by atoms with E-state index >= 15 is 0 Å². The number of rotatable bonds is 0. The lowest BCUT2D eigenvalue weighted by Gasteiger charge is -2.16. The second-order valence-electron chi connectivity index (χ2n) is 5.86. The molecule has 0 N–H and O–H groups in total. The van der Waals surface area contributed by atoms with Crippen molar-refractivity contribution in [1.82, 2.24) is 0 Å². The maximum atomic E-state index is 5.46. The Morgan fingerprint density at radius 2 is 1.45 bits per heavy atom. The second-order valence-corrected chi connectivity index (χ2v) is 5.86. The molecule has 1 saturated heterocycles. The number of hydrogen-bond donors (Lipinski definition) is 0. The van der Waals surface area contributed by atoms with Crippen LogP contribution in [0.4, 0.5) is 0 Å². The molecular weight excluding hydrogens is 267 g/mol. The quantitative estimate of drug-likeness (QED) is 0.661. The summed E-state index contributed by atoms with van der Waals surface area (Å²) in [6.45, 7) is 8.36. The summed E-state index contributed by atoms with van der Waals surface area (Å²) in [6.07, 6.45) is 2.53. The van der Waals surface area contributed by atoms with Gasteiger partial charge in [0.1, 0.15) is 7.85 Å². The molecule has 1 aliphatic heterocycles. The molecule has 0 atom stereocenters. The Morgan fingerprint density at radius 1 is 0.864 bits per heavy atom. The highest BCUT2D eigenvalue weighted by Gasteiger charge is 2.06. The van der Waals surface area contributed by atoms with Crippen LogP contribution in [0.2, 0.25) is 0 Å². The van der Waals surface area contributed by atoms with Crippen LogP contribution in [0.3, 0.4) is 0 Å². The molecule has 1 fully saturated rings. The van der Waals surface area contributed by atoms with E-state index in [4.69, 9.17) is 12.6 Å². The predicted octanol–water partition coefficient (Wildman–Crippen LogP) is 4.22. The molecule has 2 aromatic rings. The minimum Gasteiger partial charge on any atom is -0.381 e. The minimum absolute atomic E-state index is 0.838. The fourth-order valence-electron chi connectivity index (χ4n) is 2.02. The molecule has 0 amide bonds. The van der Waals surface area contributed by atoms with E-state index in [2.05, 4.69) is 26.0 Å². The number of benzene rings is 2. The number of hydrogen-bond acceptors (Lipinski definition) is 1. The standard InChI is InChI=1S/C7H7B.C7H8.C6H12O/c1-6-3-2-4-7(8)5-6;1-7-5-3-2-4-6-7;1-6-2-4-7-5-3-6/h2-5H,1H3;2-6H,1H3;6H,2-5H2,1H3. The Balaban J connectivity index is 0.000000166. The van der Waals surface area contributed by atoms with Gasteiger partial charge in [0.15, 0.2) is 0 Å². The summed E-state index contributed by atoms with van der Waals surface area (Å²) in [5.41, 5.74) is 3.37. The van der Waals surface area contributed by atoms with Gasteiger partial charge in [-0.25, -0.2) is 0 Å². The van der Waals surface area contributed by atoms with Crippen LogP contribution in [0.25, 0.3) is 0 Å². The SMILES string of the molecule is CC1CCOCC1.Cc1ccccc1.[B]c1cccc(C)c1. The Morgan fingerprint density at radius 3 is 1.77 bits per heavy atom. The maximum absolute atomic E-state index is 5.46. The Kier molecular flexibility index (Phi) is 9.33. The molecule has 0 bridgehead atoms. The van der Waals surface area contributed by atoms with Crippen LogP contribution in [0.5, 0.6) is 0 Å². The predicted molar refractivity (Wildman–Crippen MR) is 97.0 cm³/mol. The molecule has 0 saturated carbocycles. The Labute approximate surface area is 137 Å². The molecule has 116 valence electrons. The summed E-state index contributed by atoms with van der Waals surface area (Å²) in [7, 11) is 5.46. The van der Waals surface area contributed by atoms with Gasteiger partial charge in [-0.15, -0.1) is 0 Å². The van der Waals surface area contributed by atoms with Gasteiger partial charge in [-0.1, -0.05) is 78.1 Å². The van der Waals surface area contributed by atoms with E-state index < -0.39 is 0 Å². The molecule has 2 radical (unpaired) electrons. The molecule has 1 nitrogen and oxygen atoms in total. The van der Waals surface area contributed by atoms with E-state index in [1.807, 2.05) is 49.4 Å². The molecule has 0 aromatic heterocycles. The average Bonchev–Trinajstić information content (AvgIpc) is 2.50. The van der Waals surface area contributed by atoms with Crippen LogP contribution in [-0.2, 0) is 4.74 Å². The zero-order chi connectivity index (χ0) is 16.2. The van der Waals surface area contributed by atoms with Crippen LogP contribution < -0.4 is 5.46 Å². The van der Waals surface area contributed by atoms with Crippen molar-refractivity contribution >= 4 is 13.3 Å². The molecule has 0 aliphatic carbocycles. The van der Waals surface area contributed by atoms with Gasteiger partial charge in [-0.2, -0.15) is 0 Å². The monoisotopic (exact) mass is 294 g/mol. The average molecular weight is 294 g/mol. The van der Waals surface area contributed by atoms with Crippen molar-refractivity contribution in [2.24, 2.45) is 5.92 Å². The highest BCUT2D eigenvalue weighted by atomic mass is 16.5. The van der Waals surface area contributed by atoms with Gasteiger partial charge < -0.3 is 4.74 Å². The molecule has 1 aliphatic rings. The van der Waals surface area contributed by atoms with E-state index in [1.54, 1.807) is 0 Å². The topological polar surface area (TPSA) is 9.23 Å². The highest BCUT2D eigenvalue weighted by molar-refractivity contribution is 6.32. The van der Waals surface area contributed by atoms with Crippen LogP contribution in [0.1, 0.15) is 30.9 Å². The number of aryl methyl sites for hydroxylation is 2. The van der Waals surface area contributed by atoms with Crippen LogP contribution >= 0.6 is 0 Å². The molecule has 2 heteroatoms. The summed E-state index contributed by atoms with van der Waals surface area (Å²) in [4.78, 5) is 0. The third-order valence-corrected chi connectivity index (χ3v) is 3.49. The summed E-state index contributed by atoms with van der Waals surface area (Å²) in [5.74, 6) is 0.911. The van der Waals surface area contributed by atoms with Gasteiger partial charge in [0.25, 0.3) is 0 Å². The van der Waals surface area contributed by atoms with Crippen molar-refractivity contribution in [3.8, 4) is 0 Å². The van der Waals surface area contributed by atoms with Crippen molar-refractivity contribution in [2.75, 3.05) is 13.2 Å².